The molecule has 1 heterocycles. The van der Waals surface area contributed by atoms with Gasteiger partial charge in [-0.3, -0.25) is 4.79 Å². The van der Waals surface area contributed by atoms with Gasteiger partial charge < -0.3 is 20.1 Å². The van der Waals surface area contributed by atoms with E-state index in [1.165, 1.54) is 0 Å². The van der Waals surface area contributed by atoms with Crippen LogP contribution in [0.2, 0.25) is 0 Å². The van der Waals surface area contributed by atoms with Gasteiger partial charge >= 0.3 is 0 Å². The number of rotatable bonds is 0. The largest absolute Gasteiger partial charge is 0.506 e. The highest BCUT2D eigenvalue weighted by Crippen LogP contribution is 2.49. The number of benzene rings is 2. The van der Waals surface area contributed by atoms with E-state index < -0.39 is 17.5 Å². The van der Waals surface area contributed by atoms with E-state index in [1.54, 1.807) is 38.1 Å². The molecule has 3 rings (SSSR count). The highest BCUT2D eigenvalue weighted by atomic mass is 16.5. The molecule has 0 unspecified atom stereocenters. The number of aliphatic hydroxyl groups is 1. The van der Waals surface area contributed by atoms with Crippen molar-refractivity contribution in [1.29, 1.82) is 0 Å². The van der Waals surface area contributed by atoms with Crippen molar-refractivity contribution in [2.45, 2.75) is 25.6 Å². The van der Waals surface area contributed by atoms with Crippen LogP contribution in [-0.2, 0) is 0 Å². The average Bonchev–Trinajstić information content (AvgIpc) is 2.42. The van der Waals surface area contributed by atoms with Crippen LogP contribution in [0.15, 0.2) is 24.3 Å². The number of phenols is 2. The number of fused-ring (bicyclic) bond motifs is 2. The van der Waals surface area contributed by atoms with Gasteiger partial charge in [-0.25, -0.2) is 0 Å². The van der Waals surface area contributed by atoms with Crippen LogP contribution in [0.25, 0.3) is 10.8 Å². The smallest absolute Gasteiger partial charge is 0.203 e. The van der Waals surface area contributed by atoms with Crippen molar-refractivity contribution < 1.29 is 24.9 Å². The monoisotopic (exact) mass is 274 g/mol. The van der Waals surface area contributed by atoms with Gasteiger partial charge in [-0.05, 0) is 13.8 Å². The molecule has 5 heteroatoms. The fourth-order valence-electron chi connectivity index (χ4n) is 2.48. The van der Waals surface area contributed by atoms with Crippen LogP contribution >= 0.6 is 0 Å². The lowest BCUT2D eigenvalue weighted by Crippen LogP contribution is -2.50. The van der Waals surface area contributed by atoms with Crippen LogP contribution in [0, 0.1) is 0 Å². The van der Waals surface area contributed by atoms with Gasteiger partial charge in [0.15, 0.2) is 17.6 Å². The van der Waals surface area contributed by atoms with Crippen molar-refractivity contribution in [3.63, 3.8) is 0 Å². The maximum absolute atomic E-state index is 12.2. The molecule has 1 aliphatic rings. The predicted octanol–water partition coefficient (Wildman–Crippen LogP) is 1.97. The molecule has 0 aliphatic carbocycles. The number of carbonyl (C=O) groups excluding carboxylic acids is 1. The predicted molar refractivity (Wildman–Crippen MR) is 72.3 cm³/mol. The van der Waals surface area contributed by atoms with E-state index in [4.69, 9.17) is 4.74 Å². The maximum atomic E-state index is 12.2. The number of hydrogen-bond donors (Lipinski definition) is 3. The van der Waals surface area contributed by atoms with Gasteiger partial charge in [-0.1, -0.05) is 24.3 Å². The molecule has 2 aromatic carbocycles. The molecule has 0 aromatic heterocycles. The number of ether oxygens (including phenoxy) is 1. The highest BCUT2D eigenvalue weighted by Gasteiger charge is 2.45. The Morgan fingerprint density at radius 3 is 2.25 bits per heavy atom. The van der Waals surface area contributed by atoms with Crippen LogP contribution in [0.1, 0.15) is 24.2 Å². The summed E-state index contributed by atoms with van der Waals surface area (Å²) in [4.78, 5) is 12.2. The van der Waals surface area contributed by atoms with E-state index in [2.05, 4.69) is 0 Å². The lowest BCUT2D eigenvalue weighted by atomic mass is 9.87. The van der Waals surface area contributed by atoms with Gasteiger partial charge in [-0.2, -0.15) is 0 Å². The van der Waals surface area contributed by atoms with Gasteiger partial charge in [0.1, 0.15) is 16.9 Å². The minimum atomic E-state index is -1.40. The second-order valence-electron chi connectivity index (χ2n) is 5.42. The molecule has 0 radical (unpaired) electrons. The molecule has 20 heavy (non-hydrogen) atoms. The zero-order valence-electron chi connectivity index (χ0n) is 11.0. The Balaban J connectivity index is 2.42. The number of carbonyl (C=O) groups is 1. The Morgan fingerprint density at radius 1 is 1.10 bits per heavy atom. The molecule has 0 saturated carbocycles. The van der Waals surface area contributed by atoms with Crippen molar-refractivity contribution in [3.8, 4) is 17.2 Å². The molecule has 0 fully saturated rings. The number of Topliss-reactive ketones (excluding diaryl/α,β-unsaturated/α-hetero) is 1. The summed E-state index contributed by atoms with van der Waals surface area (Å²) in [6, 6.07) is 6.60. The van der Waals surface area contributed by atoms with Gasteiger partial charge in [0.25, 0.3) is 0 Å². The van der Waals surface area contributed by atoms with Crippen LogP contribution in [0.5, 0.6) is 17.2 Å². The lowest BCUT2D eigenvalue weighted by Gasteiger charge is -2.36. The summed E-state index contributed by atoms with van der Waals surface area (Å²) in [6.45, 7) is 3.09. The molecule has 2 aromatic rings. The first-order valence-corrected chi connectivity index (χ1v) is 6.22. The van der Waals surface area contributed by atoms with Gasteiger partial charge in [0, 0.05) is 10.8 Å². The van der Waals surface area contributed by atoms with Crippen molar-refractivity contribution in [3.05, 3.63) is 29.8 Å². The van der Waals surface area contributed by atoms with Crippen LogP contribution < -0.4 is 4.74 Å². The first-order valence-electron chi connectivity index (χ1n) is 6.22. The van der Waals surface area contributed by atoms with Crippen molar-refractivity contribution >= 4 is 16.6 Å². The Labute approximate surface area is 115 Å². The van der Waals surface area contributed by atoms with Crippen LogP contribution in [-0.4, -0.2) is 32.8 Å². The second-order valence-corrected chi connectivity index (χ2v) is 5.42. The molecule has 5 nitrogen and oxygen atoms in total. The SMILES string of the molecule is CC1(C)Oc2c(c(O)c3ccccc3c2O)C(=O)[C@@H]1O. The third-order valence-electron chi connectivity index (χ3n) is 3.63. The number of aliphatic hydroxyl groups excluding tert-OH is 1. The molecule has 0 bridgehead atoms. The summed E-state index contributed by atoms with van der Waals surface area (Å²) >= 11 is 0. The lowest BCUT2D eigenvalue weighted by molar-refractivity contribution is -0.0264. The van der Waals surface area contributed by atoms with Crippen LogP contribution in [0.4, 0.5) is 0 Å². The minimum absolute atomic E-state index is 0.0819. The summed E-state index contributed by atoms with van der Waals surface area (Å²) < 4.78 is 5.54. The minimum Gasteiger partial charge on any atom is -0.506 e. The summed E-state index contributed by atoms with van der Waals surface area (Å²) in [5.74, 6) is -1.23. The molecule has 0 spiro atoms. The van der Waals surface area contributed by atoms with Crippen molar-refractivity contribution in [1.82, 2.24) is 0 Å². The van der Waals surface area contributed by atoms with E-state index in [-0.39, 0.29) is 22.8 Å². The number of aromatic hydroxyl groups is 2. The third kappa shape index (κ3) is 1.50. The van der Waals surface area contributed by atoms with Crippen LogP contribution in [0.3, 0.4) is 0 Å². The quantitative estimate of drug-likeness (QED) is 0.639. The topological polar surface area (TPSA) is 87.0 Å². The zero-order chi connectivity index (χ0) is 14.7. The van der Waals surface area contributed by atoms with Gasteiger partial charge in [0.2, 0.25) is 5.78 Å². The molecule has 0 saturated heterocycles. The summed E-state index contributed by atoms with van der Waals surface area (Å²) in [7, 11) is 0. The first-order chi connectivity index (χ1) is 9.34. The molecular formula is C15H14O5. The maximum Gasteiger partial charge on any atom is 0.203 e. The summed E-state index contributed by atoms with van der Waals surface area (Å²) in [6.07, 6.45) is -1.40. The third-order valence-corrected chi connectivity index (χ3v) is 3.63. The highest BCUT2D eigenvalue weighted by molar-refractivity contribution is 6.12. The van der Waals surface area contributed by atoms with E-state index in [0.29, 0.717) is 10.8 Å². The number of phenolic OH excluding ortho intramolecular Hbond substituents is 2. The fraction of sp³-hybridized carbons (Fsp3) is 0.267. The second kappa shape index (κ2) is 3.86. The fourth-order valence-corrected chi connectivity index (χ4v) is 2.48. The summed E-state index contributed by atoms with van der Waals surface area (Å²) in [5.41, 5.74) is -1.34. The van der Waals surface area contributed by atoms with E-state index in [9.17, 15) is 20.1 Å². The molecule has 3 N–H and O–H groups in total. The number of hydrogen-bond acceptors (Lipinski definition) is 5. The van der Waals surface area contributed by atoms with Gasteiger partial charge in [0.05, 0.1) is 0 Å². The molecular weight excluding hydrogens is 260 g/mol. The number of ketones is 1. The Morgan fingerprint density at radius 2 is 1.65 bits per heavy atom. The molecule has 104 valence electrons. The van der Waals surface area contributed by atoms with E-state index >= 15 is 0 Å². The standard InChI is InChI=1S/C15H14O5/c1-15(2)14(19)12(18)9-10(16)7-5-3-4-6-8(7)11(17)13(9)20-15/h3-6,14,16-17,19H,1-2H3/t14-/m0/s1. The average molecular weight is 274 g/mol. The van der Waals surface area contributed by atoms with Crippen molar-refractivity contribution in [2.24, 2.45) is 0 Å². The van der Waals surface area contributed by atoms with E-state index in [0.717, 1.165) is 0 Å². The first kappa shape index (κ1) is 12.7. The zero-order valence-corrected chi connectivity index (χ0v) is 11.0. The Hall–Kier alpha value is -2.27. The summed E-state index contributed by atoms with van der Waals surface area (Å²) in [5, 5.41) is 31.2. The van der Waals surface area contributed by atoms with Gasteiger partial charge in [-0.15, -0.1) is 0 Å². The molecule has 1 atom stereocenters. The normalized spacial score (nSPS) is 20.6. The Bertz CT molecular complexity index is 733. The molecule has 1 aliphatic heterocycles. The van der Waals surface area contributed by atoms with E-state index in [1.807, 2.05) is 0 Å². The Kier molecular flexibility index (Phi) is 2.46. The molecule has 0 amide bonds. The van der Waals surface area contributed by atoms with Crippen molar-refractivity contribution in [2.75, 3.05) is 0 Å².